The molecule has 0 radical (unpaired) electrons. The first-order valence-electron chi connectivity index (χ1n) is 10.3. The van der Waals surface area contributed by atoms with Crippen LogP contribution in [-0.2, 0) is 0 Å². The molecule has 22 heavy (non-hydrogen) atoms. The summed E-state index contributed by atoms with van der Waals surface area (Å²) in [5, 5.41) is 0. The van der Waals surface area contributed by atoms with E-state index in [0.717, 1.165) is 16.6 Å². The van der Waals surface area contributed by atoms with Gasteiger partial charge in [0.05, 0.1) is 8.07 Å². The molecule has 1 heteroatoms. The summed E-state index contributed by atoms with van der Waals surface area (Å²) >= 11 is 0. The van der Waals surface area contributed by atoms with Crippen LogP contribution in [-0.4, -0.2) is 8.07 Å². The number of rotatable bonds is 8. The van der Waals surface area contributed by atoms with Gasteiger partial charge in [-0.2, -0.15) is 0 Å². The zero-order valence-corrected chi connectivity index (χ0v) is 16.4. The summed E-state index contributed by atoms with van der Waals surface area (Å²) in [6.45, 7) is 9.35. The van der Waals surface area contributed by atoms with E-state index in [1.54, 1.807) is 25.7 Å². The van der Waals surface area contributed by atoms with Crippen molar-refractivity contribution in [2.75, 3.05) is 0 Å². The van der Waals surface area contributed by atoms with Crippen molar-refractivity contribution in [3.8, 4) is 0 Å². The molecular weight excluding hydrogens is 280 g/mol. The molecule has 0 N–H and O–H groups in total. The molecule has 2 fully saturated rings. The molecule has 0 aromatic heterocycles. The standard InChI is InChI=1S/C21H40Si/c1-4-6-14-19(13-5-2)22(3,20-15-9-7-10-16-20)21-17-11-8-12-18-21/h5,19-21H,2,4,6-18H2,1,3H3. The van der Waals surface area contributed by atoms with E-state index in [9.17, 15) is 0 Å². The number of unbranched alkanes of at least 4 members (excludes halogenated alkanes) is 1. The lowest BCUT2D eigenvalue weighted by Gasteiger charge is -2.50. The zero-order chi connectivity index (χ0) is 15.8. The van der Waals surface area contributed by atoms with Crippen LogP contribution in [0.3, 0.4) is 0 Å². The van der Waals surface area contributed by atoms with Gasteiger partial charge in [0.2, 0.25) is 0 Å². The molecule has 0 aliphatic heterocycles. The molecule has 2 saturated carbocycles. The fourth-order valence-electron chi connectivity index (χ4n) is 5.78. The molecule has 0 aromatic carbocycles. The van der Waals surface area contributed by atoms with Crippen molar-refractivity contribution < 1.29 is 0 Å². The maximum atomic E-state index is 4.13. The number of hydrogen-bond acceptors (Lipinski definition) is 0. The van der Waals surface area contributed by atoms with Gasteiger partial charge in [0.1, 0.15) is 0 Å². The summed E-state index contributed by atoms with van der Waals surface area (Å²) in [4.78, 5) is 0. The molecule has 2 aliphatic carbocycles. The van der Waals surface area contributed by atoms with E-state index in [-0.39, 0.29) is 0 Å². The van der Waals surface area contributed by atoms with Gasteiger partial charge in [-0.25, -0.2) is 0 Å². The minimum atomic E-state index is -1.21. The first kappa shape index (κ1) is 18.3. The summed E-state index contributed by atoms with van der Waals surface area (Å²) in [5.74, 6) is 0. The van der Waals surface area contributed by atoms with Crippen LogP contribution in [0.4, 0.5) is 0 Å². The average molecular weight is 321 g/mol. The van der Waals surface area contributed by atoms with Gasteiger partial charge in [-0.15, -0.1) is 6.58 Å². The molecule has 128 valence electrons. The summed E-state index contributed by atoms with van der Waals surface area (Å²) < 4.78 is 0. The van der Waals surface area contributed by atoms with Crippen molar-refractivity contribution in [3.05, 3.63) is 12.7 Å². The Balaban J connectivity index is 2.21. The van der Waals surface area contributed by atoms with E-state index < -0.39 is 8.07 Å². The Morgan fingerprint density at radius 1 is 0.955 bits per heavy atom. The Labute approximate surface area is 141 Å². The molecule has 2 rings (SSSR count). The lowest BCUT2D eigenvalue weighted by atomic mass is 9.99. The fraction of sp³-hybridized carbons (Fsp3) is 0.905. The summed E-state index contributed by atoms with van der Waals surface area (Å²) in [6, 6.07) is 0. The maximum Gasteiger partial charge on any atom is 0.0601 e. The smallest absolute Gasteiger partial charge is 0.0601 e. The van der Waals surface area contributed by atoms with E-state index in [1.807, 2.05) is 0 Å². The second-order valence-corrected chi connectivity index (χ2v) is 13.6. The van der Waals surface area contributed by atoms with Gasteiger partial charge in [-0.3, -0.25) is 0 Å². The molecule has 0 bridgehead atoms. The van der Waals surface area contributed by atoms with E-state index in [2.05, 4.69) is 26.1 Å². The average Bonchev–Trinajstić information content (AvgIpc) is 2.59. The van der Waals surface area contributed by atoms with E-state index in [4.69, 9.17) is 0 Å². The lowest BCUT2D eigenvalue weighted by Crippen LogP contribution is -2.47. The third-order valence-electron chi connectivity index (χ3n) is 7.21. The predicted octanol–water partition coefficient (Wildman–Crippen LogP) is 7.87. The van der Waals surface area contributed by atoms with Gasteiger partial charge < -0.3 is 0 Å². The quantitative estimate of drug-likeness (QED) is 0.315. The second kappa shape index (κ2) is 9.30. The molecule has 0 nitrogen and oxygen atoms in total. The minimum Gasteiger partial charge on any atom is -0.103 e. The Hall–Kier alpha value is -0.0431. The predicted molar refractivity (Wildman–Crippen MR) is 103 cm³/mol. The van der Waals surface area contributed by atoms with Crippen LogP contribution >= 0.6 is 0 Å². The van der Waals surface area contributed by atoms with Crippen molar-refractivity contribution in [3.63, 3.8) is 0 Å². The van der Waals surface area contributed by atoms with Crippen LogP contribution in [0.15, 0.2) is 12.7 Å². The highest BCUT2D eigenvalue weighted by atomic mass is 28.3. The molecule has 1 unspecified atom stereocenters. The molecule has 0 heterocycles. The normalized spacial score (nSPS) is 23.4. The second-order valence-electron chi connectivity index (χ2n) is 8.40. The van der Waals surface area contributed by atoms with Crippen LogP contribution in [0.25, 0.3) is 0 Å². The maximum absolute atomic E-state index is 4.13. The van der Waals surface area contributed by atoms with Gasteiger partial charge in [-0.05, 0) is 23.0 Å². The molecule has 0 aromatic rings. The monoisotopic (exact) mass is 320 g/mol. The summed E-state index contributed by atoms with van der Waals surface area (Å²) in [7, 11) is -1.21. The highest BCUT2D eigenvalue weighted by Gasteiger charge is 2.47. The van der Waals surface area contributed by atoms with E-state index in [1.165, 1.54) is 64.2 Å². The van der Waals surface area contributed by atoms with Crippen molar-refractivity contribution in [1.29, 1.82) is 0 Å². The Morgan fingerprint density at radius 3 is 1.86 bits per heavy atom. The van der Waals surface area contributed by atoms with Gasteiger partial charge >= 0.3 is 0 Å². The molecular formula is C21H40Si. The topological polar surface area (TPSA) is 0 Å². The Kier molecular flexibility index (Phi) is 7.74. The zero-order valence-electron chi connectivity index (χ0n) is 15.4. The Morgan fingerprint density at radius 2 is 1.45 bits per heavy atom. The van der Waals surface area contributed by atoms with Gasteiger partial charge in [0, 0.05) is 0 Å². The van der Waals surface area contributed by atoms with Crippen molar-refractivity contribution in [1.82, 2.24) is 0 Å². The van der Waals surface area contributed by atoms with Crippen molar-refractivity contribution in [2.24, 2.45) is 0 Å². The largest absolute Gasteiger partial charge is 0.103 e. The number of hydrogen-bond donors (Lipinski definition) is 0. The van der Waals surface area contributed by atoms with Crippen LogP contribution in [0.2, 0.25) is 23.2 Å². The fourth-order valence-corrected chi connectivity index (χ4v) is 12.6. The third-order valence-corrected chi connectivity index (χ3v) is 14.2. The SMILES string of the molecule is C=CCC(CCCC)[Si](C)(C1CCCCC1)C1CCCCC1. The first-order valence-corrected chi connectivity index (χ1v) is 13.1. The Bertz CT molecular complexity index is 292. The lowest BCUT2D eigenvalue weighted by molar-refractivity contribution is 0.438. The van der Waals surface area contributed by atoms with Crippen LogP contribution < -0.4 is 0 Å². The number of allylic oxidation sites excluding steroid dienone is 1. The highest BCUT2D eigenvalue weighted by Crippen LogP contribution is 2.55. The molecule has 1 atom stereocenters. The van der Waals surface area contributed by atoms with Crippen LogP contribution in [0.1, 0.15) is 96.8 Å². The van der Waals surface area contributed by atoms with E-state index in [0.29, 0.717) is 0 Å². The molecule has 0 amide bonds. The van der Waals surface area contributed by atoms with Crippen LogP contribution in [0, 0.1) is 0 Å². The highest BCUT2D eigenvalue weighted by molar-refractivity contribution is 6.82. The van der Waals surface area contributed by atoms with Crippen molar-refractivity contribution >= 4 is 8.07 Å². The van der Waals surface area contributed by atoms with Gasteiger partial charge in [0.25, 0.3) is 0 Å². The first-order chi connectivity index (χ1) is 10.7. The summed E-state index contributed by atoms with van der Waals surface area (Å²) in [5.41, 5.74) is 3.29. The van der Waals surface area contributed by atoms with Crippen molar-refractivity contribution in [2.45, 2.75) is 120 Å². The molecule has 2 aliphatic rings. The third kappa shape index (κ3) is 4.28. The minimum absolute atomic E-state index is 1.02. The van der Waals surface area contributed by atoms with E-state index >= 15 is 0 Å². The van der Waals surface area contributed by atoms with Crippen LogP contribution in [0.5, 0.6) is 0 Å². The summed E-state index contributed by atoms with van der Waals surface area (Å²) in [6.07, 6.45) is 23.3. The van der Waals surface area contributed by atoms with Gasteiger partial charge in [0.15, 0.2) is 0 Å². The molecule has 0 saturated heterocycles. The molecule has 0 spiro atoms. The van der Waals surface area contributed by atoms with Gasteiger partial charge in [-0.1, -0.05) is 103 Å².